The SMILES string of the molecule is CCc1ccc(CCc2ccc(CNc3ccc(CC)cc3)cc2)cc1.CN(C)Cc1ccc(CN(C)C)cc1.COc1cccc(NCc2ccc(CO)cc2)c1.Fc1ccc(CCc2ccc(CNc3ccc(F)cc3)cc2)cc1.O=[N+]([O-])c1cccc(NCc2ccc(CNc3cccc([N+](=O)[O-])c3)cc2)c1.O=[N+]([O-])c1ccccc1NCc1ccc(CO)cc1. The van der Waals surface area contributed by atoms with E-state index in [1.165, 1.54) is 116 Å². The summed E-state index contributed by atoms with van der Waals surface area (Å²) in [6.07, 6.45) is 6.22. The van der Waals surface area contributed by atoms with Crippen LogP contribution in [0.4, 0.5) is 60.0 Å². The van der Waals surface area contributed by atoms with E-state index in [4.69, 9.17) is 14.9 Å². The number of aliphatic hydroxyl groups is 2. The molecule has 0 saturated heterocycles. The van der Waals surface area contributed by atoms with Crippen molar-refractivity contribution in [1.82, 2.24) is 9.80 Å². The summed E-state index contributed by atoms with van der Waals surface area (Å²) < 4.78 is 30.9. The van der Waals surface area contributed by atoms with Crippen LogP contribution in [0.2, 0.25) is 0 Å². The molecule has 0 heterocycles. The fourth-order valence-electron chi connectivity index (χ4n) is 13.2. The number of halogens is 2. The third kappa shape index (κ3) is 36.6. The summed E-state index contributed by atoms with van der Waals surface area (Å²) in [7, 11) is 10.0. The number of rotatable bonds is 36. The quantitative estimate of drug-likeness (QED) is 0.0134. The minimum Gasteiger partial charge on any atom is -0.497 e. The summed E-state index contributed by atoms with van der Waals surface area (Å²) in [6.45, 7) is 10.4. The van der Waals surface area contributed by atoms with Crippen molar-refractivity contribution in [3.8, 4) is 5.75 Å². The predicted octanol–water partition coefficient (Wildman–Crippen LogP) is 23.6. The number of methoxy groups -OCH3 is 1. The molecule has 0 bridgehead atoms. The maximum Gasteiger partial charge on any atom is 0.292 e. The zero-order chi connectivity index (χ0) is 91.9. The molecule has 14 aromatic carbocycles. The Morgan fingerprint density at radius 3 is 0.891 bits per heavy atom. The van der Waals surface area contributed by atoms with E-state index in [0.29, 0.717) is 43.2 Å². The third-order valence-corrected chi connectivity index (χ3v) is 20.7. The first-order valence-corrected chi connectivity index (χ1v) is 43.0. The molecule has 8 N–H and O–H groups in total. The highest BCUT2D eigenvalue weighted by Crippen LogP contribution is 2.27. The van der Waals surface area contributed by atoms with Gasteiger partial charge in [-0.2, -0.15) is 0 Å². The van der Waals surface area contributed by atoms with Crippen LogP contribution in [0.3, 0.4) is 0 Å². The van der Waals surface area contributed by atoms with Crippen LogP contribution in [0.15, 0.2) is 340 Å². The Kier molecular flexibility index (Phi) is 41.0. The van der Waals surface area contributed by atoms with Gasteiger partial charge in [0.1, 0.15) is 23.1 Å². The first-order valence-electron chi connectivity index (χ1n) is 43.0. The van der Waals surface area contributed by atoms with E-state index in [0.717, 1.165) is 115 Å². The Morgan fingerprint density at radius 1 is 0.295 bits per heavy atom. The Labute approximate surface area is 756 Å². The van der Waals surface area contributed by atoms with E-state index in [-0.39, 0.29) is 41.9 Å². The van der Waals surface area contributed by atoms with E-state index < -0.39 is 14.8 Å². The first-order chi connectivity index (χ1) is 62.5. The molecule has 668 valence electrons. The molecular formula is C107H117F2N11O9. The molecule has 0 fully saturated rings. The highest BCUT2D eigenvalue weighted by Gasteiger charge is 2.13. The molecule has 0 spiro atoms. The van der Waals surface area contributed by atoms with Crippen molar-refractivity contribution < 1.29 is 38.5 Å². The Morgan fingerprint density at radius 2 is 0.566 bits per heavy atom. The lowest BCUT2D eigenvalue weighted by Crippen LogP contribution is -2.12. The highest BCUT2D eigenvalue weighted by atomic mass is 19.1. The van der Waals surface area contributed by atoms with Crippen LogP contribution in [0, 0.1) is 42.0 Å². The molecule has 0 aliphatic carbocycles. The number of hydrogen-bond donors (Lipinski definition) is 8. The number of nitrogens with one attached hydrogen (secondary N) is 6. The normalized spacial score (nSPS) is 10.5. The van der Waals surface area contributed by atoms with Crippen molar-refractivity contribution in [2.45, 2.75) is 118 Å². The summed E-state index contributed by atoms with van der Waals surface area (Å²) in [5.41, 5.74) is 24.4. The van der Waals surface area contributed by atoms with Crippen molar-refractivity contribution in [2.24, 2.45) is 0 Å². The van der Waals surface area contributed by atoms with Crippen LogP contribution < -0.4 is 36.6 Å². The van der Waals surface area contributed by atoms with Crippen LogP contribution in [0.5, 0.6) is 5.75 Å². The standard InChI is InChI=1S/C25H29N.C21H19F2N.C20H18N4O4.C15H17NO2.C14H14N2O3.C12H20N2/c1-3-20-5-7-22(8-6-20)9-10-23-11-13-24(14-12-23)19-26-25-17-15-21(4-2)16-18-25;22-19-9-7-17(8-10-19)2-1-16-3-5-18(6-4-16)15-24-21-13-11-20(23)12-14-21;25-23(26)19-5-1-3-17(11-19)21-13-15-7-9-16(10-8-15)14-22-18-4-2-6-20(12-18)24(27)28;1-18-15-4-2-3-14(9-15)16-10-12-5-7-13(11-17)8-6-12;17-10-12-7-5-11(6-8-12)9-15-13-3-1-2-4-14(13)16(18)19;1-13(2)9-11-5-7-12(8-6-11)10-14(3)4/h5-8,11-18,26H,3-4,9-10,19H2,1-2H3;3-14,24H,1-2,15H2;1-12,21-22H,13-14H2;2-9,16-17H,10-11H2,1H3;1-8,15,17H,9-10H2;5-8H,9-10H2,1-4H3. The number of nitro benzene ring substituents is 3. The van der Waals surface area contributed by atoms with Gasteiger partial charge in [-0.15, -0.1) is 0 Å². The lowest BCUT2D eigenvalue weighted by molar-refractivity contribution is -0.385. The summed E-state index contributed by atoms with van der Waals surface area (Å²) in [6, 6.07) is 107. The maximum atomic E-state index is 12.9. The smallest absolute Gasteiger partial charge is 0.292 e. The van der Waals surface area contributed by atoms with Crippen LogP contribution in [0.1, 0.15) is 103 Å². The van der Waals surface area contributed by atoms with Crippen LogP contribution in [-0.2, 0) is 104 Å². The van der Waals surface area contributed by atoms with Crippen LogP contribution in [0.25, 0.3) is 0 Å². The van der Waals surface area contributed by atoms with E-state index in [9.17, 15) is 39.1 Å². The van der Waals surface area contributed by atoms with Crippen molar-refractivity contribution in [3.63, 3.8) is 0 Å². The minimum absolute atomic E-state index is 0.0118. The summed E-state index contributed by atoms with van der Waals surface area (Å²) in [5, 5.41) is 69.9. The second-order valence-corrected chi connectivity index (χ2v) is 31.3. The molecular weight excluding hydrogens is 1620 g/mol. The number of non-ortho nitro benzene ring substituents is 2. The number of hydrogen-bond acceptors (Lipinski definition) is 17. The molecule has 0 atom stereocenters. The molecule has 0 aliphatic rings. The number of benzene rings is 14. The topological polar surface area (TPSA) is 258 Å². The van der Waals surface area contributed by atoms with Gasteiger partial charge in [-0.25, -0.2) is 8.78 Å². The van der Waals surface area contributed by atoms with Gasteiger partial charge in [0, 0.05) is 117 Å². The molecule has 129 heavy (non-hydrogen) atoms. The molecule has 0 aromatic heterocycles. The Balaban J connectivity index is 0.000000177. The fraction of sp³-hybridized carbons (Fsp3) is 0.215. The van der Waals surface area contributed by atoms with Crippen molar-refractivity contribution in [3.05, 3.63) is 471 Å². The van der Waals surface area contributed by atoms with Gasteiger partial charge in [0.15, 0.2) is 0 Å². The van der Waals surface area contributed by atoms with Gasteiger partial charge in [-0.05, 0) is 235 Å². The molecule has 14 rings (SSSR count). The zero-order valence-electron chi connectivity index (χ0n) is 74.4. The van der Waals surface area contributed by atoms with Gasteiger partial charge >= 0.3 is 0 Å². The number of nitro groups is 3. The van der Waals surface area contributed by atoms with Gasteiger partial charge in [-0.1, -0.05) is 238 Å². The lowest BCUT2D eigenvalue weighted by atomic mass is 10.0. The highest BCUT2D eigenvalue weighted by molar-refractivity contribution is 5.61. The zero-order valence-corrected chi connectivity index (χ0v) is 74.4. The summed E-state index contributed by atoms with van der Waals surface area (Å²) in [4.78, 5) is 35.6. The third-order valence-electron chi connectivity index (χ3n) is 20.7. The second-order valence-electron chi connectivity index (χ2n) is 31.3. The van der Waals surface area contributed by atoms with E-state index in [2.05, 4.69) is 205 Å². The lowest BCUT2D eigenvalue weighted by Gasteiger charge is -2.12. The Hall–Kier alpha value is -14.4. The summed E-state index contributed by atoms with van der Waals surface area (Å²) in [5.74, 6) is 0.415. The number of anilines is 6. The molecule has 0 unspecified atom stereocenters. The molecule has 0 radical (unpaired) electrons. The molecule has 0 aliphatic heterocycles. The maximum absolute atomic E-state index is 12.9. The summed E-state index contributed by atoms with van der Waals surface area (Å²) >= 11 is 0. The molecule has 0 saturated carbocycles. The number of nitrogens with zero attached hydrogens (tertiary/aromatic N) is 5. The second kappa shape index (κ2) is 53.8. The number of para-hydroxylation sites is 2. The van der Waals surface area contributed by atoms with Gasteiger partial charge in [0.2, 0.25) is 0 Å². The number of ether oxygens (including phenoxy) is 1. The van der Waals surface area contributed by atoms with Crippen molar-refractivity contribution in [1.29, 1.82) is 0 Å². The Bertz CT molecular complexity index is 5400. The van der Waals surface area contributed by atoms with Crippen LogP contribution >= 0.6 is 0 Å². The van der Waals surface area contributed by atoms with Gasteiger partial charge in [0.05, 0.1) is 35.1 Å². The van der Waals surface area contributed by atoms with Crippen LogP contribution in [-0.4, -0.2) is 70.1 Å². The van der Waals surface area contributed by atoms with E-state index >= 15 is 0 Å². The van der Waals surface area contributed by atoms with Crippen molar-refractivity contribution in [2.75, 3.05) is 67.2 Å². The largest absolute Gasteiger partial charge is 0.497 e. The minimum atomic E-state index is -0.422. The predicted molar refractivity (Wildman–Crippen MR) is 521 cm³/mol. The number of aryl methyl sites for hydroxylation is 6. The monoisotopic (exact) mass is 1740 g/mol. The van der Waals surface area contributed by atoms with Crippen molar-refractivity contribution >= 4 is 51.2 Å². The number of aliphatic hydroxyl groups excluding tert-OH is 2. The molecule has 22 heteroatoms. The van der Waals surface area contributed by atoms with E-state index in [1.807, 2.05) is 109 Å². The molecule has 0 amide bonds. The average Bonchev–Trinajstić information content (AvgIpc) is 0.858. The first kappa shape index (κ1) is 98.4. The van der Waals surface area contributed by atoms with E-state index in [1.54, 1.807) is 61.7 Å². The van der Waals surface area contributed by atoms with Gasteiger partial charge < -0.3 is 56.7 Å². The fourth-order valence-corrected chi connectivity index (χ4v) is 13.2. The van der Waals surface area contributed by atoms with Gasteiger partial charge in [0.25, 0.3) is 17.1 Å². The van der Waals surface area contributed by atoms with Gasteiger partial charge in [-0.3, -0.25) is 30.3 Å². The average molecular weight is 1740 g/mol. The molecule has 14 aromatic rings. The molecule has 20 nitrogen and oxygen atoms in total.